The molecular weight excluding hydrogens is 296 g/mol. The van der Waals surface area contributed by atoms with Gasteiger partial charge in [0, 0.05) is 11.4 Å². The number of rotatable bonds is 11. The summed E-state index contributed by atoms with van der Waals surface area (Å²) in [4.78, 5) is 12.3. The molecule has 0 aliphatic heterocycles. The van der Waals surface area contributed by atoms with Gasteiger partial charge in [-0.05, 0) is 37.0 Å². The molecule has 1 rings (SSSR count). The minimum Gasteiger partial charge on any atom is -0.507 e. The van der Waals surface area contributed by atoms with Gasteiger partial charge in [0.05, 0.1) is 5.56 Å². The van der Waals surface area contributed by atoms with Crippen molar-refractivity contribution in [3.8, 4) is 5.75 Å². The van der Waals surface area contributed by atoms with Gasteiger partial charge in [0.15, 0.2) is 5.78 Å². The van der Waals surface area contributed by atoms with Crippen LogP contribution >= 0.6 is 11.6 Å². The van der Waals surface area contributed by atoms with Crippen LogP contribution in [0.4, 0.5) is 0 Å². The molecule has 0 saturated carbocycles. The predicted octanol–water partition coefficient (Wildman–Crippen LogP) is 6.32. The minimum atomic E-state index is 0.00547. The van der Waals surface area contributed by atoms with E-state index in [1.807, 2.05) is 0 Å². The van der Waals surface area contributed by atoms with Gasteiger partial charge in [-0.15, -0.1) is 0 Å². The van der Waals surface area contributed by atoms with E-state index < -0.39 is 0 Å². The lowest BCUT2D eigenvalue weighted by molar-refractivity contribution is 0.0976. The number of hydrogen-bond acceptors (Lipinski definition) is 2. The van der Waals surface area contributed by atoms with Gasteiger partial charge in [-0.25, -0.2) is 0 Å². The Hall–Kier alpha value is -1.02. The monoisotopic (exact) mass is 324 g/mol. The summed E-state index contributed by atoms with van der Waals surface area (Å²) in [6, 6.07) is 3.39. The molecule has 0 aliphatic rings. The summed E-state index contributed by atoms with van der Waals surface area (Å²) in [5, 5.41) is 10.9. The van der Waals surface area contributed by atoms with E-state index in [4.69, 9.17) is 11.6 Å². The zero-order valence-corrected chi connectivity index (χ0v) is 14.7. The number of hydrogen-bond donors (Lipinski definition) is 1. The first-order chi connectivity index (χ1) is 10.6. The Morgan fingerprint density at radius 1 is 1.00 bits per heavy atom. The van der Waals surface area contributed by atoms with Crippen molar-refractivity contribution in [2.45, 2.75) is 78.1 Å². The molecule has 0 fully saturated rings. The van der Waals surface area contributed by atoms with E-state index in [2.05, 4.69) is 13.8 Å². The summed E-state index contributed by atoms with van der Waals surface area (Å²) in [6.45, 7) is 4.32. The second-order valence-electron chi connectivity index (χ2n) is 6.01. The quantitative estimate of drug-likeness (QED) is 0.382. The molecule has 0 spiro atoms. The van der Waals surface area contributed by atoms with Crippen LogP contribution in [-0.2, 0) is 6.42 Å². The van der Waals surface area contributed by atoms with Gasteiger partial charge in [-0.3, -0.25) is 4.79 Å². The van der Waals surface area contributed by atoms with Crippen LogP contribution in [0.25, 0.3) is 0 Å². The molecule has 0 unspecified atom stereocenters. The van der Waals surface area contributed by atoms with E-state index in [1.54, 1.807) is 12.1 Å². The average molecular weight is 325 g/mol. The van der Waals surface area contributed by atoms with Crippen LogP contribution in [0.2, 0.25) is 5.02 Å². The summed E-state index contributed by atoms with van der Waals surface area (Å²) in [5.41, 5.74) is 1.20. The molecule has 0 saturated heterocycles. The summed E-state index contributed by atoms with van der Waals surface area (Å²) in [6.07, 6.45) is 10.1. The molecule has 0 aliphatic carbocycles. The van der Waals surface area contributed by atoms with Gasteiger partial charge in [-0.1, -0.05) is 64.0 Å². The van der Waals surface area contributed by atoms with Crippen molar-refractivity contribution in [3.05, 3.63) is 28.3 Å². The van der Waals surface area contributed by atoms with E-state index in [0.717, 1.165) is 50.5 Å². The zero-order valence-electron chi connectivity index (χ0n) is 14.0. The highest BCUT2D eigenvalue weighted by atomic mass is 35.5. The lowest BCUT2D eigenvalue weighted by Crippen LogP contribution is -2.02. The summed E-state index contributed by atoms with van der Waals surface area (Å²) < 4.78 is 0. The largest absolute Gasteiger partial charge is 0.507 e. The van der Waals surface area contributed by atoms with E-state index in [9.17, 15) is 9.90 Å². The lowest BCUT2D eigenvalue weighted by Gasteiger charge is -2.10. The highest BCUT2D eigenvalue weighted by Crippen LogP contribution is 2.30. The Morgan fingerprint density at radius 2 is 1.64 bits per heavy atom. The number of Topliss-reactive ketones (excluding diaryl/α,β-unsaturated/α-hetero) is 1. The van der Waals surface area contributed by atoms with Crippen molar-refractivity contribution in [2.75, 3.05) is 0 Å². The topological polar surface area (TPSA) is 37.3 Å². The fourth-order valence-corrected chi connectivity index (χ4v) is 2.89. The standard InChI is InChI=1S/C19H29ClO2/c1-3-5-7-9-11-15-13-16(20)14-17(19(15)22)18(21)12-10-8-6-4-2/h13-14,22H,3-12H2,1-2H3. The van der Waals surface area contributed by atoms with Gasteiger partial charge in [0.25, 0.3) is 0 Å². The zero-order chi connectivity index (χ0) is 16.4. The van der Waals surface area contributed by atoms with Crippen LogP contribution in [0, 0.1) is 0 Å². The van der Waals surface area contributed by atoms with Gasteiger partial charge in [0.2, 0.25) is 0 Å². The number of phenols is 1. The van der Waals surface area contributed by atoms with Gasteiger partial charge < -0.3 is 5.11 Å². The molecule has 22 heavy (non-hydrogen) atoms. The van der Waals surface area contributed by atoms with Crippen molar-refractivity contribution < 1.29 is 9.90 Å². The van der Waals surface area contributed by atoms with Crippen LogP contribution in [0.1, 0.15) is 87.6 Å². The minimum absolute atomic E-state index is 0.00547. The van der Waals surface area contributed by atoms with Crippen LogP contribution in [0.15, 0.2) is 12.1 Å². The van der Waals surface area contributed by atoms with Crippen molar-refractivity contribution >= 4 is 17.4 Å². The normalized spacial score (nSPS) is 10.9. The second kappa shape index (κ2) is 10.7. The number of aromatic hydroxyl groups is 1. The number of halogens is 1. The number of phenolic OH excluding ortho intramolecular Hbond substituents is 1. The molecule has 1 aromatic rings. The molecule has 0 radical (unpaired) electrons. The predicted molar refractivity (Wildman–Crippen MR) is 94.1 cm³/mol. The van der Waals surface area contributed by atoms with Gasteiger partial charge in [-0.2, -0.15) is 0 Å². The Labute approximate surface area is 139 Å². The highest BCUT2D eigenvalue weighted by Gasteiger charge is 2.15. The summed E-state index contributed by atoms with van der Waals surface area (Å²) in [5.74, 6) is 0.146. The molecule has 2 nitrogen and oxygen atoms in total. The first-order valence-electron chi connectivity index (χ1n) is 8.64. The van der Waals surface area contributed by atoms with Gasteiger partial charge in [0.1, 0.15) is 5.75 Å². The van der Waals surface area contributed by atoms with Gasteiger partial charge >= 0.3 is 0 Å². The molecule has 0 atom stereocenters. The molecular formula is C19H29ClO2. The number of benzene rings is 1. The molecule has 0 bridgehead atoms. The van der Waals surface area contributed by atoms with Crippen molar-refractivity contribution in [1.82, 2.24) is 0 Å². The summed E-state index contributed by atoms with van der Waals surface area (Å²) in [7, 11) is 0. The fraction of sp³-hybridized carbons (Fsp3) is 0.632. The van der Waals surface area contributed by atoms with Crippen LogP contribution in [-0.4, -0.2) is 10.9 Å². The number of unbranched alkanes of at least 4 members (excludes halogenated alkanes) is 6. The second-order valence-corrected chi connectivity index (χ2v) is 6.44. The smallest absolute Gasteiger partial charge is 0.166 e. The molecule has 0 heterocycles. The Balaban J connectivity index is 2.69. The van der Waals surface area contributed by atoms with E-state index >= 15 is 0 Å². The average Bonchev–Trinajstić information content (AvgIpc) is 2.50. The molecule has 3 heteroatoms. The third kappa shape index (κ3) is 6.39. The SMILES string of the molecule is CCCCCCC(=O)c1cc(Cl)cc(CCCCCC)c1O. The molecule has 0 amide bonds. The van der Waals surface area contributed by atoms with Crippen LogP contribution in [0.3, 0.4) is 0 Å². The maximum atomic E-state index is 12.3. The van der Waals surface area contributed by atoms with Crippen LogP contribution in [0.5, 0.6) is 5.75 Å². The molecule has 1 N–H and O–H groups in total. The number of carbonyl (C=O) groups is 1. The van der Waals surface area contributed by atoms with E-state index in [-0.39, 0.29) is 11.5 Å². The number of aryl methyl sites for hydroxylation is 1. The maximum absolute atomic E-state index is 12.3. The molecule has 0 aromatic heterocycles. The van der Waals surface area contributed by atoms with E-state index in [0.29, 0.717) is 17.0 Å². The fourth-order valence-electron chi connectivity index (χ4n) is 2.65. The highest BCUT2D eigenvalue weighted by molar-refractivity contribution is 6.31. The summed E-state index contributed by atoms with van der Waals surface area (Å²) >= 11 is 6.13. The number of ketones is 1. The first-order valence-corrected chi connectivity index (χ1v) is 9.02. The third-order valence-electron chi connectivity index (χ3n) is 4.01. The Kier molecular flexibility index (Phi) is 9.22. The third-order valence-corrected chi connectivity index (χ3v) is 4.23. The van der Waals surface area contributed by atoms with Crippen molar-refractivity contribution in [2.24, 2.45) is 0 Å². The first kappa shape index (κ1) is 19.0. The van der Waals surface area contributed by atoms with Crippen molar-refractivity contribution in [1.29, 1.82) is 0 Å². The lowest BCUT2D eigenvalue weighted by atomic mass is 9.98. The maximum Gasteiger partial charge on any atom is 0.166 e. The van der Waals surface area contributed by atoms with E-state index in [1.165, 1.54) is 12.8 Å². The number of carbonyl (C=O) groups excluding carboxylic acids is 1. The Morgan fingerprint density at radius 3 is 2.27 bits per heavy atom. The van der Waals surface area contributed by atoms with Crippen LogP contribution < -0.4 is 0 Å². The Bertz CT molecular complexity index is 469. The molecule has 124 valence electrons. The molecule has 1 aromatic carbocycles. The van der Waals surface area contributed by atoms with Crippen molar-refractivity contribution in [3.63, 3.8) is 0 Å².